The molecule has 0 aromatic rings. The first-order valence-corrected chi connectivity index (χ1v) is 11.8. The molecule has 12 heteroatoms. The van der Waals surface area contributed by atoms with Gasteiger partial charge in [-0.05, 0) is 30.3 Å². The lowest BCUT2D eigenvalue weighted by Gasteiger charge is -2.41. The zero-order valence-electron chi connectivity index (χ0n) is 20.1. The van der Waals surface area contributed by atoms with Crippen molar-refractivity contribution in [2.75, 3.05) is 19.8 Å². The molecule has 0 radical (unpaired) electrons. The Labute approximate surface area is 203 Å². The number of rotatable bonds is 9. The Morgan fingerprint density at radius 1 is 1.17 bits per heavy atom. The Morgan fingerprint density at radius 3 is 2.51 bits per heavy atom. The molecule has 0 aromatic heterocycles. The van der Waals surface area contributed by atoms with Crippen molar-refractivity contribution in [1.82, 2.24) is 0 Å². The van der Waals surface area contributed by atoms with Gasteiger partial charge in [0.25, 0.3) is 0 Å². The minimum absolute atomic E-state index is 0.0587. The fraction of sp³-hybridized carbons (Fsp3) is 0.826. The van der Waals surface area contributed by atoms with Crippen molar-refractivity contribution in [3.8, 4) is 0 Å². The summed E-state index contributed by atoms with van der Waals surface area (Å²) < 4.78 is 27.3. The SMILES string of the molecule is CC(=O)OCC1(O)CCC2C(COC3OC(CO)C(O)C(O)C3O)=COC(OC(=O)CC(C)C)C21. The van der Waals surface area contributed by atoms with Gasteiger partial charge in [0.05, 0.1) is 25.4 Å². The standard InChI is InChI=1S/C23H36O12/c1-11(2)6-16(26)35-21-17-14(4-5-23(17,30)10-33-12(3)25)13(8-31-21)9-32-22-20(29)19(28)18(27)15(7-24)34-22/h8,11,14-15,17-22,24,27-30H,4-7,9-10H2,1-3H3. The number of aliphatic hydroxyl groups is 5. The molecule has 35 heavy (non-hydrogen) atoms. The van der Waals surface area contributed by atoms with Gasteiger partial charge in [0.1, 0.15) is 36.6 Å². The number of hydrogen-bond acceptors (Lipinski definition) is 12. The van der Waals surface area contributed by atoms with Crippen molar-refractivity contribution in [3.63, 3.8) is 0 Å². The van der Waals surface area contributed by atoms with E-state index in [2.05, 4.69) is 0 Å². The highest BCUT2D eigenvalue weighted by Gasteiger charge is 2.57. The maximum Gasteiger partial charge on any atom is 0.309 e. The summed E-state index contributed by atoms with van der Waals surface area (Å²) in [4.78, 5) is 23.7. The first kappa shape index (κ1) is 27.8. The molecule has 5 N–H and O–H groups in total. The summed E-state index contributed by atoms with van der Waals surface area (Å²) in [6.45, 7) is 3.94. The van der Waals surface area contributed by atoms with Crippen LogP contribution in [0.3, 0.4) is 0 Å². The minimum atomic E-state index is -1.58. The highest BCUT2D eigenvalue weighted by atomic mass is 16.7. The van der Waals surface area contributed by atoms with Crippen molar-refractivity contribution in [2.24, 2.45) is 17.8 Å². The molecule has 1 saturated carbocycles. The summed E-state index contributed by atoms with van der Waals surface area (Å²) >= 11 is 0. The molecule has 9 unspecified atom stereocenters. The van der Waals surface area contributed by atoms with Gasteiger partial charge >= 0.3 is 11.9 Å². The second-order valence-corrected chi connectivity index (χ2v) is 9.85. The largest absolute Gasteiger partial charge is 0.463 e. The fourth-order valence-electron chi connectivity index (χ4n) is 4.84. The minimum Gasteiger partial charge on any atom is -0.463 e. The van der Waals surface area contributed by atoms with E-state index in [0.717, 1.165) is 0 Å². The highest BCUT2D eigenvalue weighted by molar-refractivity contribution is 5.69. The van der Waals surface area contributed by atoms with Crippen LogP contribution in [0, 0.1) is 17.8 Å². The van der Waals surface area contributed by atoms with E-state index in [-0.39, 0.29) is 37.9 Å². The summed E-state index contributed by atoms with van der Waals surface area (Å²) in [6.07, 6.45) is -5.99. The zero-order valence-corrected chi connectivity index (χ0v) is 20.1. The van der Waals surface area contributed by atoms with Gasteiger partial charge in [-0.15, -0.1) is 0 Å². The number of ether oxygens (including phenoxy) is 5. The molecule has 1 aliphatic carbocycles. The number of carbonyl (C=O) groups is 2. The molecule has 2 aliphatic heterocycles. The molecule has 1 saturated heterocycles. The number of aliphatic hydroxyl groups excluding tert-OH is 4. The van der Waals surface area contributed by atoms with Gasteiger partial charge < -0.3 is 49.2 Å². The van der Waals surface area contributed by atoms with Crippen LogP contribution in [0.15, 0.2) is 11.8 Å². The third kappa shape index (κ3) is 6.31. The van der Waals surface area contributed by atoms with Crippen LogP contribution in [-0.4, -0.2) is 99.9 Å². The topological polar surface area (TPSA) is 181 Å². The molecule has 2 fully saturated rings. The maximum atomic E-state index is 12.3. The van der Waals surface area contributed by atoms with Crippen LogP contribution in [0.25, 0.3) is 0 Å². The summed E-state index contributed by atoms with van der Waals surface area (Å²) in [5, 5.41) is 50.8. The number of carbonyl (C=O) groups excluding carboxylic acids is 2. The first-order chi connectivity index (χ1) is 16.5. The number of hydrogen-bond donors (Lipinski definition) is 5. The van der Waals surface area contributed by atoms with E-state index in [0.29, 0.717) is 12.0 Å². The monoisotopic (exact) mass is 504 g/mol. The van der Waals surface area contributed by atoms with E-state index in [4.69, 9.17) is 23.7 Å². The highest BCUT2D eigenvalue weighted by Crippen LogP contribution is 2.49. The Hall–Kier alpha value is -1.80. The van der Waals surface area contributed by atoms with Gasteiger partial charge in [0, 0.05) is 13.3 Å². The first-order valence-electron chi connectivity index (χ1n) is 11.8. The van der Waals surface area contributed by atoms with Crippen LogP contribution in [-0.2, 0) is 33.3 Å². The third-order valence-corrected chi connectivity index (χ3v) is 6.68. The summed E-state index contributed by atoms with van der Waals surface area (Å²) in [7, 11) is 0. The Kier molecular flexibility index (Phi) is 9.13. The molecule has 9 atom stereocenters. The van der Waals surface area contributed by atoms with Crippen LogP contribution in [0.1, 0.15) is 40.0 Å². The van der Waals surface area contributed by atoms with Gasteiger partial charge in [0.2, 0.25) is 6.29 Å². The quantitative estimate of drug-likeness (QED) is 0.241. The van der Waals surface area contributed by atoms with Gasteiger partial charge in [-0.3, -0.25) is 9.59 Å². The molecule has 200 valence electrons. The van der Waals surface area contributed by atoms with E-state index >= 15 is 0 Å². The van der Waals surface area contributed by atoms with Crippen LogP contribution in [0.4, 0.5) is 0 Å². The number of fused-ring (bicyclic) bond motifs is 1. The molecule has 0 bridgehead atoms. The van der Waals surface area contributed by atoms with E-state index in [9.17, 15) is 35.1 Å². The molecule has 0 amide bonds. The van der Waals surface area contributed by atoms with Crippen molar-refractivity contribution >= 4 is 11.9 Å². The molecule has 3 aliphatic rings. The van der Waals surface area contributed by atoms with E-state index in [1.54, 1.807) is 0 Å². The van der Waals surface area contributed by atoms with Gasteiger partial charge in [-0.2, -0.15) is 0 Å². The lowest BCUT2D eigenvalue weighted by Crippen LogP contribution is -2.59. The predicted molar refractivity (Wildman–Crippen MR) is 116 cm³/mol. The maximum absolute atomic E-state index is 12.3. The third-order valence-electron chi connectivity index (χ3n) is 6.68. The molecular formula is C23H36O12. The van der Waals surface area contributed by atoms with Crippen molar-refractivity contribution in [3.05, 3.63) is 11.8 Å². The second-order valence-electron chi connectivity index (χ2n) is 9.85. The molecular weight excluding hydrogens is 468 g/mol. The lowest BCUT2D eigenvalue weighted by molar-refractivity contribution is -0.299. The van der Waals surface area contributed by atoms with E-state index in [1.807, 2.05) is 13.8 Å². The molecule has 3 rings (SSSR count). The second kappa shape index (κ2) is 11.5. The van der Waals surface area contributed by atoms with Crippen LogP contribution in [0.5, 0.6) is 0 Å². The molecule has 12 nitrogen and oxygen atoms in total. The van der Waals surface area contributed by atoms with Crippen molar-refractivity contribution in [2.45, 2.75) is 82.6 Å². The summed E-state index contributed by atoms with van der Waals surface area (Å²) in [5.74, 6) is -2.11. The Bertz CT molecular complexity index is 782. The lowest BCUT2D eigenvalue weighted by atomic mass is 9.81. The Morgan fingerprint density at radius 2 is 1.89 bits per heavy atom. The smallest absolute Gasteiger partial charge is 0.309 e. The summed E-state index contributed by atoms with van der Waals surface area (Å²) in [6, 6.07) is 0. The van der Waals surface area contributed by atoms with Crippen LogP contribution >= 0.6 is 0 Å². The van der Waals surface area contributed by atoms with E-state index in [1.165, 1.54) is 13.2 Å². The van der Waals surface area contributed by atoms with Crippen molar-refractivity contribution in [1.29, 1.82) is 0 Å². The Balaban J connectivity index is 1.75. The van der Waals surface area contributed by atoms with Gasteiger partial charge in [-0.1, -0.05) is 13.8 Å². The molecule has 0 aromatic carbocycles. The van der Waals surface area contributed by atoms with Crippen molar-refractivity contribution < 1.29 is 58.8 Å². The normalized spacial score (nSPS) is 38.9. The fourth-order valence-corrected chi connectivity index (χ4v) is 4.84. The van der Waals surface area contributed by atoms with Crippen LogP contribution < -0.4 is 0 Å². The average Bonchev–Trinajstić information content (AvgIpc) is 3.14. The van der Waals surface area contributed by atoms with Gasteiger partial charge in [0.15, 0.2) is 6.29 Å². The zero-order chi connectivity index (χ0) is 25.9. The predicted octanol–water partition coefficient (Wildman–Crippen LogP) is -1.05. The molecule has 0 spiro atoms. The number of esters is 2. The molecule has 2 heterocycles. The van der Waals surface area contributed by atoms with Crippen LogP contribution in [0.2, 0.25) is 0 Å². The average molecular weight is 505 g/mol. The van der Waals surface area contributed by atoms with Gasteiger partial charge in [-0.25, -0.2) is 0 Å². The summed E-state index contributed by atoms with van der Waals surface area (Å²) in [5.41, 5.74) is -0.941. The van der Waals surface area contributed by atoms with E-state index < -0.39 is 67.1 Å².